The van der Waals surface area contributed by atoms with E-state index in [1.807, 2.05) is 29.2 Å². The van der Waals surface area contributed by atoms with Crippen LogP contribution in [0.3, 0.4) is 0 Å². The number of rotatable bonds is 4. The van der Waals surface area contributed by atoms with Crippen molar-refractivity contribution < 1.29 is 19.1 Å². The average Bonchev–Trinajstić information content (AvgIpc) is 2.63. The molecule has 2 saturated heterocycles. The summed E-state index contributed by atoms with van der Waals surface area (Å²) < 4.78 is 11.2. The number of carbonyl (C=O) groups is 2. The predicted octanol–water partition coefficient (Wildman–Crippen LogP) is 1.68. The number of methoxy groups -OCH3 is 1. The lowest BCUT2D eigenvalue weighted by molar-refractivity contribution is -0.146. The molecule has 1 aromatic carbocycles. The first kappa shape index (κ1) is 18.4. The van der Waals surface area contributed by atoms with Crippen LogP contribution in [0.4, 0.5) is 4.79 Å². The minimum absolute atomic E-state index is 0.0154. The first-order valence-corrected chi connectivity index (χ1v) is 9.04. The molecule has 2 fully saturated rings. The van der Waals surface area contributed by atoms with Crippen molar-refractivity contribution in [2.24, 2.45) is 5.92 Å². The number of nitrogens with zero attached hydrogens (tertiary/aromatic N) is 3. The predicted molar refractivity (Wildman–Crippen MR) is 97.4 cm³/mol. The Morgan fingerprint density at radius 1 is 1.08 bits per heavy atom. The molecule has 3 amide bonds. The van der Waals surface area contributed by atoms with Crippen LogP contribution in [0.25, 0.3) is 0 Å². The van der Waals surface area contributed by atoms with Crippen LogP contribution >= 0.6 is 0 Å². The molecule has 0 aliphatic carbocycles. The van der Waals surface area contributed by atoms with Gasteiger partial charge in [0.15, 0.2) is 11.5 Å². The van der Waals surface area contributed by atoms with Gasteiger partial charge in [-0.25, -0.2) is 4.79 Å². The minimum Gasteiger partial charge on any atom is -0.493 e. The molecule has 3 rings (SSSR count). The van der Waals surface area contributed by atoms with Crippen molar-refractivity contribution in [2.75, 3.05) is 47.4 Å². The van der Waals surface area contributed by atoms with E-state index in [-0.39, 0.29) is 24.0 Å². The molecule has 0 spiro atoms. The van der Waals surface area contributed by atoms with Crippen LogP contribution in [0, 0.1) is 5.92 Å². The van der Waals surface area contributed by atoms with Crippen molar-refractivity contribution in [3.8, 4) is 11.5 Å². The molecule has 1 aromatic rings. The smallest absolute Gasteiger partial charge is 0.319 e. The first-order valence-electron chi connectivity index (χ1n) is 9.04. The third-order valence-corrected chi connectivity index (χ3v) is 4.95. The van der Waals surface area contributed by atoms with Crippen LogP contribution in [0.5, 0.6) is 11.5 Å². The van der Waals surface area contributed by atoms with Crippen molar-refractivity contribution in [1.82, 2.24) is 14.7 Å². The van der Waals surface area contributed by atoms with Gasteiger partial charge in [0.25, 0.3) is 0 Å². The Kier molecular flexibility index (Phi) is 5.54. The van der Waals surface area contributed by atoms with E-state index in [4.69, 9.17) is 9.47 Å². The van der Waals surface area contributed by atoms with Crippen molar-refractivity contribution in [1.29, 1.82) is 0 Å². The maximum Gasteiger partial charge on any atom is 0.319 e. The zero-order valence-corrected chi connectivity index (χ0v) is 15.7. The summed E-state index contributed by atoms with van der Waals surface area (Å²) >= 11 is 0. The number of amides is 3. The fraction of sp³-hybridized carbons (Fsp3) is 0.579. The Morgan fingerprint density at radius 3 is 2.42 bits per heavy atom. The van der Waals surface area contributed by atoms with Gasteiger partial charge >= 0.3 is 6.03 Å². The van der Waals surface area contributed by atoms with Crippen molar-refractivity contribution in [3.05, 3.63) is 24.3 Å². The van der Waals surface area contributed by atoms with Gasteiger partial charge in [-0.2, -0.15) is 0 Å². The van der Waals surface area contributed by atoms with Gasteiger partial charge in [0, 0.05) is 27.2 Å². The van der Waals surface area contributed by atoms with E-state index in [1.54, 1.807) is 31.0 Å². The molecule has 0 aromatic heterocycles. The topological polar surface area (TPSA) is 62.3 Å². The van der Waals surface area contributed by atoms with Crippen molar-refractivity contribution in [3.63, 3.8) is 0 Å². The van der Waals surface area contributed by atoms with Crippen molar-refractivity contribution in [2.45, 2.75) is 18.9 Å². The normalized spacial score (nSPS) is 20.3. The van der Waals surface area contributed by atoms with Crippen LogP contribution in [0.1, 0.15) is 12.8 Å². The number of para-hydroxylation sites is 2. The second-order valence-corrected chi connectivity index (χ2v) is 7.10. The van der Waals surface area contributed by atoms with Gasteiger partial charge in [0.1, 0.15) is 6.10 Å². The summed E-state index contributed by atoms with van der Waals surface area (Å²) in [4.78, 5) is 30.0. The van der Waals surface area contributed by atoms with E-state index >= 15 is 0 Å². The quantitative estimate of drug-likeness (QED) is 0.819. The first-order chi connectivity index (χ1) is 12.5. The standard InChI is InChI=1S/C19H27N3O4/c1-20(2)19(24)21-10-6-7-14(11-21)18(23)22-12-15(13-22)26-17-9-5-4-8-16(17)25-3/h4-5,8-9,14-15H,6-7,10-13H2,1-3H3/t14-/m0/s1. The van der Waals surface area contributed by atoms with Gasteiger partial charge < -0.3 is 24.2 Å². The number of ether oxygens (including phenoxy) is 2. The Bertz CT molecular complexity index is 658. The number of hydrogen-bond acceptors (Lipinski definition) is 4. The highest BCUT2D eigenvalue weighted by molar-refractivity contribution is 5.81. The Balaban J connectivity index is 1.51. The SMILES string of the molecule is COc1ccccc1OC1CN(C(=O)[C@H]2CCCN(C(=O)N(C)C)C2)C1. The molecule has 7 heteroatoms. The second-order valence-electron chi connectivity index (χ2n) is 7.10. The van der Waals surface area contributed by atoms with Gasteiger partial charge in [-0.15, -0.1) is 0 Å². The Hall–Kier alpha value is -2.44. The molecule has 142 valence electrons. The van der Waals surface area contributed by atoms with E-state index in [0.717, 1.165) is 19.4 Å². The molecule has 0 unspecified atom stereocenters. The summed E-state index contributed by atoms with van der Waals surface area (Å²) in [5.41, 5.74) is 0. The van der Waals surface area contributed by atoms with E-state index in [0.29, 0.717) is 31.1 Å². The van der Waals surface area contributed by atoms with Crippen molar-refractivity contribution >= 4 is 11.9 Å². The lowest BCUT2D eigenvalue weighted by atomic mass is 9.95. The van der Waals surface area contributed by atoms with E-state index in [1.165, 1.54) is 0 Å². The summed E-state index contributed by atoms with van der Waals surface area (Å²) in [5.74, 6) is 1.41. The van der Waals surface area contributed by atoms with Gasteiger partial charge in [0.05, 0.1) is 26.1 Å². The molecule has 2 heterocycles. The van der Waals surface area contributed by atoms with Gasteiger partial charge in [-0.3, -0.25) is 4.79 Å². The van der Waals surface area contributed by atoms with Crippen LogP contribution in [-0.2, 0) is 4.79 Å². The molecule has 26 heavy (non-hydrogen) atoms. The highest BCUT2D eigenvalue weighted by atomic mass is 16.5. The number of urea groups is 1. The molecule has 2 aliphatic heterocycles. The van der Waals surface area contributed by atoms with Crippen LogP contribution < -0.4 is 9.47 Å². The zero-order valence-electron chi connectivity index (χ0n) is 15.7. The molecule has 0 saturated carbocycles. The van der Waals surface area contributed by atoms with E-state index in [9.17, 15) is 9.59 Å². The fourth-order valence-electron chi connectivity index (χ4n) is 3.48. The summed E-state index contributed by atoms with van der Waals surface area (Å²) in [7, 11) is 5.09. The fourth-order valence-corrected chi connectivity index (χ4v) is 3.48. The summed E-state index contributed by atoms with van der Waals surface area (Å²) in [6, 6.07) is 7.50. The van der Waals surface area contributed by atoms with E-state index < -0.39 is 0 Å². The summed E-state index contributed by atoms with van der Waals surface area (Å²) in [6.07, 6.45) is 1.69. The molecule has 2 aliphatic rings. The Morgan fingerprint density at radius 2 is 1.77 bits per heavy atom. The third-order valence-electron chi connectivity index (χ3n) is 4.95. The average molecular weight is 361 g/mol. The highest BCUT2D eigenvalue weighted by Gasteiger charge is 2.38. The maximum absolute atomic E-state index is 12.7. The lowest BCUT2D eigenvalue weighted by Crippen LogP contribution is -2.59. The number of piperidine rings is 1. The minimum atomic E-state index is -0.111. The van der Waals surface area contributed by atoms with Gasteiger partial charge in [-0.1, -0.05) is 12.1 Å². The van der Waals surface area contributed by atoms with Gasteiger partial charge in [0.2, 0.25) is 5.91 Å². The maximum atomic E-state index is 12.7. The molecule has 0 N–H and O–H groups in total. The molecule has 7 nitrogen and oxygen atoms in total. The monoisotopic (exact) mass is 361 g/mol. The van der Waals surface area contributed by atoms with Crippen LogP contribution in [0.2, 0.25) is 0 Å². The lowest BCUT2D eigenvalue weighted by Gasteiger charge is -2.42. The molecule has 0 bridgehead atoms. The third kappa shape index (κ3) is 3.86. The number of hydrogen-bond donors (Lipinski definition) is 0. The Labute approximate surface area is 154 Å². The zero-order chi connectivity index (χ0) is 18.7. The number of benzene rings is 1. The van der Waals surface area contributed by atoms with E-state index in [2.05, 4.69) is 0 Å². The largest absolute Gasteiger partial charge is 0.493 e. The molecule has 0 radical (unpaired) electrons. The molecular formula is C19H27N3O4. The van der Waals surface area contributed by atoms with Gasteiger partial charge in [-0.05, 0) is 25.0 Å². The highest BCUT2D eigenvalue weighted by Crippen LogP contribution is 2.29. The number of carbonyl (C=O) groups excluding carboxylic acids is 2. The second kappa shape index (κ2) is 7.85. The molecule has 1 atom stereocenters. The molecular weight excluding hydrogens is 334 g/mol. The number of likely N-dealkylation sites (tertiary alicyclic amines) is 2. The summed E-state index contributed by atoms with van der Waals surface area (Å²) in [6.45, 7) is 2.38. The van der Waals surface area contributed by atoms with Crippen LogP contribution in [-0.4, -0.2) is 80.1 Å². The van der Waals surface area contributed by atoms with Crippen LogP contribution in [0.15, 0.2) is 24.3 Å². The summed E-state index contributed by atoms with van der Waals surface area (Å²) in [5, 5.41) is 0.